The van der Waals surface area contributed by atoms with Crippen LogP contribution in [0.4, 0.5) is 0 Å². The third kappa shape index (κ3) is 2.58. The van der Waals surface area contributed by atoms with Crippen LogP contribution in [0.5, 0.6) is 0 Å². The first-order valence-corrected chi connectivity index (χ1v) is 5.68. The molecule has 0 aliphatic heterocycles. The van der Waals surface area contributed by atoms with Gasteiger partial charge in [0.1, 0.15) is 0 Å². The zero-order chi connectivity index (χ0) is 10.8. The van der Waals surface area contributed by atoms with Gasteiger partial charge in [-0.2, -0.15) is 0 Å². The lowest BCUT2D eigenvalue weighted by molar-refractivity contribution is 0.491. The summed E-state index contributed by atoms with van der Waals surface area (Å²) in [4.78, 5) is 0. The molecular formula is C12H18BrN. The lowest BCUT2D eigenvalue weighted by atomic mass is 9.82. The van der Waals surface area contributed by atoms with Crippen molar-refractivity contribution in [3.05, 3.63) is 33.8 Å². The highest BCUT2D eigenvalue weighted by Gasteiger charge is 2.21. The molecule has 0 saturated heterocycles. The van der Waals surface area contributed by atoms with Gasteiger partial charge in [-0.25, -0.2) is 0 Å². The van der Waals surface area contributed by atoms with Gasteiger partial charge in [0.05, 0.1) is 0 Å². The number of aryl methyl sites for hydroxylation is 1. The quantitative estimate of drug-likeness (QED) is 0.875. The summed E-state index contributed by atoms with van der Waals surface area (Å²) in [6.07, 6.45) is 0. The molecule has 1 rings (SSSR count). The summed E-state index contributed by atoms with van der Waals surface area (Å²) >= 11 is 3.49. The number of halogens is 1. The zero-order valence-electron chi connectivity index (χ0n) is 9.32. The summed E-state index contributed by atoms with van der Waals surface area (Å²) in [6, 6.07) is 6.49. The molecule has 0 aliphatic rings. The second-order valence-corrected chi connectivity index (χ2v) is 5.29. The van der Waals surface area contributed by atoms with E-state index in [0.717, 1.165) is 11.0 Å². The molecule has 0 saturated carbocycles. The van der Waals surface area contributed by atoms with E-state index >= 15 is 0 Å². The minimum Gasteiger partial charge on any atom is -0.319 e. The maximum Gasteiger partial charge on any atom is 0.0178 e. The molecule has 0 radical (unpaired) electrons. The SMILES string of the molecule is CNCC(C)(C)c1ccc(Br)cc1C. The molecule has 0 atom stereocenters. The van der Waals surface area contributed by atoms with Gasteiger partial charge in [0, 0.05) is 16.4 Å². The summed E-state index contributed by atoms with van der Waals surface area (Å²) in [6.45, 7) is 7.69. The van der Waals surface area contributed by atoms with E-state index in [1.54, 1.807) is 0 Å². The number of hydrogen-bond donors (Lipinski definition) is 1. The first kappa shape index (κ1) is 11.7. The van der Waals surface area contributed by atoms with Gasteiger partial charge in [-0.1, -0.05) is 35.8 Å². The zero-order valence-corrected chi connectivity index (χ0v) is 10.9. The largest absolute Gasteiger partial charge is 0.319 e. The number of rotatable bonds is 3. The summed E-state index contributed by atoms with van der Waals surface area (Å²) < 4.78 is 1.15. The molecule has 2 heteroatoms. The van der Waals surface area contributed by atoms with Crippen LogP contribution in [0.25, 0.3) is 0 Å². The molecule has 1 nitrogen and oxygen atoms in total. The fourth-order valence-electron chi connectivity index (χ4n) is 1.92. The van der Waals surface area contributed by atoms with Crippen molar-refractivity contribution in [3.63, 3.8) is 0 Å². The third-order valence-electron chi connectivity index (χ3n) is 2.54. The Labute approximate surface area is 95.0 Å². The summed E-state index contributed by atoms with van der Waals surface area (Å²) in [5.74, 6) is 0. The van der Waals surface area contributed by atoms with Crippen molar-refractivity contribution in [2.75, 3.05) is 13.6 Å². The molecule has 14 heavy (non-hydrogen) atoms. The summed E-state index contributed by atoms with van der Waals surface area (Å²) in [5.41, 5.74) is 2.95. The first-order chi connectivity index (χ1) is 6.47. The van der Waals surface area contributed by atoms with Crippen LogP contribution in [0.1, 0.15) is 25.0 Å². The van der Waals surface area contributed by atoms with Gasteiger partial charge in [0.25, 0.3) is 0 Å². The first-order valence-electron chi connectivity index (χ1n) is 4.88. The van der Waals surface area contributed by atoms with Crippen LogP contribution in [0.3, 0.4) is 0 Å². The normalized spacial score (nSPS) is 11.8. The fraction of sp³-hybridized carbons (Fsp3) is 0.500. The standard InChI is InChI=1S/C12H18BrN/c1-9-7-10(13)5-6-11(9)12(2,3)8-14-4/h5-7,14H,8H2,1-4H3. The van der Waals surface area contributed by atoms with Crippen LogP contribution in [0.15, 0.2) is 22.7 Å². The van der Waals surface area contributed by atoms with Crippen LogP contribution in [0.2, 0.25) is 0 Å². The van der Waals surface area contributed by atoms with Gasteiger partial charge in [0.2, 0.25) is 0 Å². The van der Waals surface area contributed by atoms with Crippen LogP contribution in [-0.4, -0.2) is 13.6 Å². The van der Waals surface area contributed by atoms with E-state index in [2.05, 4.69) is 60.2 Å². The van der Waals surface area contributed by atoms with Gasteiger partial charge in [-0.3, -0.25) is 0 Å². The van der Waals surface area contributed by atoms with Gasteiger partial charge in [-0.05, 0) is 37.2 Å². The highest BCUT2D eigenvalue weighted by Crippen LogP contribution is 2.27. The van der Waals surface area contributed by atoms with E-state index in [1.165, 1.54) is 11.1 Å². The maximum absolute atomic E-state index is 3.49. The van der Waals surface area contributed by atoms with Crippen molar-refractivity contribution in [2.45, 2.75) is 26.2 Å². The molecule has 1 aromatic carbocycles. The van der Waals surface area contributed by atoms with Crippen molar-refractivity contribution < 1.29 is 0 Å². The Balaban J connectivity index is 3.06. The van der Waals surface area contributed by atoms with Crippen molar-refractivity contribution >= 4 is 15.9 Å². The fourth-order valence-corrected chi connectivity index (χ4v) is 2.40. The van der Waals surface area contributed by atoms with Crippen molar-refractivity contribution in [3.8, 4) is 0 Å². The number of likely N-dealkylation sites (N-methyl/N-ethyl adjacent to an activating group) is 1. The molecule has 0 aliphatic carbocycles. The molecule has 1 aromatic rings. The van der Waals surface area contributed by atoms with Crippen molar-refractivity contribution in [1.29, 1.82) is 0 Å². The van der Waals surface area contributed by atoms with Crippen LogP contribution < -0.4 is 5.32 Å². The predicted molar refractivity (Wildman–Crippen MR) is 65.8 cm³/mol. The molecule has 0 aromatic heterocycles. The molecule has 0 bridgehead atoms. The van der Waals surface area contributed by atoms with Crippen molar-refractivity contribution in [2.24, 2.45) is 0 Å². The maximum atomic E-state index is 3.49. The topological polar surface area (TPSA) is 12.0 Å². The smallest absolute Gasteiger partial charge is 0.0178 e. The average molecular weight is 256 g/mol. The van der Waals surface area contributed by atoms with Gasteiger partial charge >= 0.3 is 0 Å². The van der Waals surface area contributed by atoms with Crippen molar-refractivity contribution in [1.82, 2.24) is 5.32 Å². The number of benzene rings is 1. The van der Waals surface area contributed by atoms with E-state index in [1.807, 2.05) is 7.05 Å². The average Bonchev–Trinajstić information content (AvgIpc) is 2.02. The molecule has 0 heterocycles. The monoisotopic (exact) mass is 255 g/mol. The molecule has 1 N–H and O–H groups in total. The van der Waals surface area contributed by atoms with E-state index in [4.69, 9.17) is 0 Å². The molecule has 0 unspecified atom stereocenters. The summed E-state index contributed by atoms with van der Waals surface area (Å²) in [7, 11) is 2.00. The molecular weight excluding hydrogens is 238 g/mol. The second-order valence-electron chi connectivity index (χ2n) is 4.37. The third-order valence-corrected chi connectivity index (χ3v) is 3.03. The highest BCUT2D eigenvalue weighted by molar-refractivity contribution is 9.10. The predicted octanol–water partition coefficient (Wildman–Crippen LogP) is 3.25. The Morgan fingerprint density at radius 3 is 2.50 bits per heavy atom. The lowest BCUT2D eigenvalue weighted by Crippen LogP contribution is -2.31. The lowest BCUT2D eigenvalue weighted by Gasteiger charge is -2.26. The second kappa shape index (κ2) is 4.45. The molecule has 0 fully saturated rings. The summed E-state index contributed by atoms with van der Waals surface area (Å²) in [5, 5.41) is 3.24. The Morgan fingerprint density at radius 2 is 2.00 bits per heavy atom. The van der Waals surface area contributed by atoms with Gasteiger partial charge in [-0.15, -0.1) is 0 Å². The van der Waals surface area contributed by atoms with E-state index in [0.29, 0.717) is 0 Å². The van der Waals surface area contributed by atoms with Crippen LogP contribution in [0, 0.1) is 6.92 Å². The Kier molecular flexibility index (Phi) is 3.73. The van der Waals surface area contributed by atoms with E-state index < -0.39 is 0 Å². The number of nitrogens with one attached hydrogen (secondary N) is 1. The minimum absolute atomic E-state index is 0.194. The molecule has 0 amide bonds. The highest BCUT2D eigenvalue weighted by atomic mass is 79.9. The number of hydrogen-bond acceptors (Lipinski definition) is 1. The van der Waals surface area contributed by atoms with Crippen LogP contribution >= 0.6 is 15.9 Å². The Morgan fingerprint density at radius 1 is 1.36 bits per heavy atom. The Hall–Kier alpha value is -0.340. The Bertz CT molecular complexity index is 318. The molecule has 78 valence electrons. The van der Waals surface area contributed by atoms with Gasteiger partial charge < -0.3 is 5.32 Å². The minimum atomic E-state index is 0.194. The van der Waals surface area contributed by atoms with Crippen LogP contribution in [-0.2, 0) is 5.41 Å². The van der Waals surface area contributed by atoms with Gasteiger partial charge in [0.15, 0.2) is 0 Å². The van der Waals surface area contributed by atoms with E-state index in [-0.39, 0.29) is 5.41 Å². The van der Waals surface area contributed by atoms with E-state index in [9.17, 15) is 0 Å². The molecule has 0 spiro atoms.